The Balaban J connectivity index is 1.03. The van der Waals surface area contributed by atoms with Crippen molar-refractivity contribution in [3.05, 3.63) is 187 Å². The van der Waals surface area contributed by atoms with Gasteiger partial charge in [0.2, 0.25) is 11.8 Å². The zero-order valence-corrected chi connectivity index (χ0v) is 35.3. The minimum Gasteiger partial charge on any atom is -0.489 e. The molecule has 0 aliphatic heterocycles. The van der Waals surface area contributed by atoms with Gasteiger partial charge in [-0.2, -0.15) is 0 Å². The largest absolute Gasteiger partial charge is 0.489 e. The number of amides is 3. The fourth-order valence-corrected chi connectivity index (χ4v) is 7.67. The number of ether oxygens (including phenoxy) is 3. The zero-order valence-electron chi connectivity index (χ0n) is 35.3. The average Bonchev–Trinajstić information content (AvgIpc) is 3.64. The lowest BCUT2D eigenvalue weighted by molar-refractivity contribution is -0.152. The third-order valence-electron chi connectivity index (χ3n) is 11.0. The van der Waals surface area contributed by atoms with Crippen LogP contribution in [0, 0.1) is 5.92 Å². The van der Waals surface area contributed by atoms with Crippen LogP contribution in [0.1, 0.15) is 65.5 Å². The zero-order chi connectivity index (χ0) is 44.4. The second kappa shape index (κ2) is 23.3. The number of aliphatic hydroxyl groups excluding tert-OH is 1. The predicted octanol–water partition coefficient (Wildman–Crippen LogP) is 8.14. The number of alkyl carbamates (subject to hydrolysis) is 1. The summed E-state index contributed by atoms with van der Waals surface area (Å²) in [6.07, 6.45) is 2.56. The van der Waals surface area contributed by atoms with Crippen molar-refractivity contribution in [2.75, 3.05) is 19.8 Å². The van der Waals surface area contributed by atoms with E-state index in [2.05, 4.69) is 41.2 Å². The van der Waals surface area contributed by atoms with E-state index in [0.29, 0.717) is 30.8 Å². The van der Waals surface area contributed by atoms with Crippen LogP contribution >= 0.6 is 0 Å². The van der Waals surface area contributed by atoms with Gasteiger partial charge in [-0.05, 0) is 76.8 Å². The van der Waals surface area contributed by atoms with Crippen molar-refractivity contribution < 1.29 is 38.5 Å². The first-order valence-corrected chi connectivity index (χ1v) is 21.3. The molecule has 326 valence electrons. The van der Waals surface area contributed by atoms with Crippen LogP contribution in [0.3, 0.4) is 0 Å². The standard InChI is InChI=1S/C52H55N3O8/c1-3-5-25-47(55-52(60)62-35-46-44-23-14-12-21-42(44)43-22-13-15-24-45(43)46)51(59)63-48(38-19-10-7-11-20-38)32-53-50(58)39(16-4-2)31-49(57)54-40(33-56)30-36-26-28-41(29-27-36)61-34-37-17-8-6-9-18-37/h3-4,6-15,17-24,26-29,39-40,46-48,56H,1-2,5,16,25,30-35H2,(H,53,58)(H,54,57)(H,55,60)/t39-,40+,47+,48+/m1/s1. The first kappa shape index (κ1) is 45.5. The van der Waals surface area contributed by atoms with Crippen LogP contribution in [0.4, 0.5) is 4.79 Å². The summed E-state index contributed by atoms with van der Waals surface area (Å²) in [5.41, 5.74) is 6.90. The second-order valence-electron chi connectivity index (χ2n) is 15.5. The predicted molar refractivity (Wildman–Crippen MR) is 243 cm³/mol. The molecule has 0 heterocycles. The molecule has 63 heavy (non-hydrogen) atoms. The highest BCUT2D eigenvalue weighted by Gasteiger charge is 2.31. The number of nitrogens with one attached hydrogen (secondary N) is 3. The highest BCUT2D eigenvalue weighted by atomic mass is 16.6. The molecule has 0 aromatic heterocycles. The lowest BCUT2D eigenvalue weighted by atomic mass is 9.98. The minimum atomic E-state index is -1.07. The SMILES string of the molecule is C=CCC[C@H](NC(=O)OCC1c2ccccc2-c2ccccc21)C(=O)O[C@@H](CNC(=O)[C@H](CC=C)CC(=O)N[C@H](CO)Cc1ccc(OCc2ccccc2)cc1)c1ccccc1. The van der Waals surface area contributed by atoms with E-state index >= 15 is 0 Å². The first-order chi connectivity index (χ1) is 30.8. The van der Waals surface area contributed by atoms with Gasteiger partial charge in [0.15, 0.2) is 0 Å². The van der Waals surface area contributed by atoms with E-state index in [0.717, 1.165) is 33.4 Å². The van der Waals surface area contributed by atoms with Gasteiger partial charge in [0.1, 0.15) is 31.1 Å². The van der Waals surface area contributed by atoms with Crippen molar-refractivity contribution in [3.8, 4) is 16.9 Å². The summed E-state index contributed by atoms with van der Waals surface area (Å²) in [5, 5.41) is 18.6. The van der Waals surface area contributed by atoms with Gasteiger partial charge in [-0.3, -0.25) is 9.59 Å². The number of hydrogen-bond donors (Lipinski definition) is 4. The summed E-state index contributed by atoms with van der Waals surface area (Å²) in [5.74, 6) is -1.80. The topological polar surface area (TPSA) is 152 Å². The quantitative estimate of drug-likeness (QED) is 0.0380. The van der Waals surface area contributed by atoms with Crippen LogP contribution in [0.5, 0.6) is 5.75 Å². The molecule has 6 rings (SSSR count). The molecule has 0 saturated carbocycles. The first-order valence-electron chi connectivity index (χ1n) is 21.3. The monoisotopic (exact) mass is 849 g/mol. The summed E-state index contributed by atoms with van der Waals surface area (Å²) in [6.45, 7) is 7.66. The minimum absolute atomic E-state index is 0.0752. The smallest absolute Gasteiger partial charge is 0.407 e. The Labute approximate surface area is 369 Å². The van der Waals surface area contributed by atoms with Gasteiger partial charge in [0, 0.05) is 12.3 Å². The van der Waals surface area contributed by atoms with Crippen molar-refractivity contribution in [3.63, 3.8) is 0 Å². The normalized spacial score (nSPS) is 13.5. The Morgan fingerprint density at radius 1 is 0.730 bits per heavy atom. The number of benzene rings is 5. The van der Waals surface area contributed by atoms with E-state index in [1.807, 2.05) is 97.1 Å². The number of esters is 1. The summed E-state index contributed by atoms with van der Waals surface area (Å²) in [6, 6.07) is 40.7. The van der Waals surface area contributed by atoms with Crippen LogP contribution in [0.15, 0.2) is 159 Å². The molecule has 0 bridgehead atoms. The van der Waals surface area contributed by atoms with Crippen molar-refractivity contribution in [1.82, 2.24) is 16.0 Å². The Kier molecular flexibility index (Phi) is 16.8. The Hall–Kier alpha value is -6.98. The molecule has 5 aromatic carbocycles. The number of allylic oxidation sites excluding steroid dienone is 2. The fraction of sp³-hybridized carbons (Fsp3) is 0.269. The summed E-state index contributed by atoms with van der Waals surface area (Å²) >= 11 is 0. The Morgan fingerprint density at radius 2 is 1.37 bits per heavy atom. The molecule has 0 unspecified atom stereocenters. The van der Waals surface area contributed by atoms with Crippen LogP contribution in [-0.2, 0) is 36.9 Å². The van der Waals surface area contributed by atoms with Gasteiger partial charge in [0.05, 0.1) is 25.1 Å². The van der Waals surface area contributed by atoms with Crippen molar-refractivity contribution in [1.29, 1.82) is 0 Å². The van der Waals surface area contributed by atoms with E-state index < -0.39 is 48.0 Å². The number of carbonyl (C=O) groups excluding carboxylic acids is 4. The van der Waals surface area contributed by atoms with Gasteiger partial charge in [-0.15, -0.1) is 13.2 Å². The van der Waals surface area contributed by atoms with E-state index in [4.69, 9.17) is 14.2 Å². The van der Waals surface area contributed by atoms with E-state index in [1.54, 1.807) is 36.4 Å². The number of fused-ring (bicyclic) bond motifs is 3. The molecule has 4 atom stereocenters. The van der Waals surface area contributed by atoms with Gasteiger partial charge in [-0.1, -0.05) is 133 Å². The van der Waals surface area contributed by atoms with Gasteiger partial charge in [-0.25, -0.2) is 9.59 Å². The van der Waals surface area contributed by atoms with Crippen molar-refractivity contribution in [2.24, 2.45) is 5.92 Å². The summed E-state index contributed by atoms with van der Waals surface area (Å²) in [7, 11) is 0. The highest BCUT2D eigenvalue weighted by molar-refractivity contribution is 5.86. The fourth-order valence-electron chi connectivity index (χ4n) is 7.67. The molecule has 5 aromatic rings. The van der Waals surface area contributed by atoms with Crippen molar-refractivity contribution in [2.45, 2.75) is 62.8 Å². The average molecular weight is 850 g/mol. The van der Waals surface area contributed by atoms with Crippen LogP contribution in [0.25, 0.3) is 11.1 Å². The molecule has 4 N–H and O–H groups in total. The van der Waals surface area contributed by atoms with Gasteiger partial charge >= 0.3 is 12.1 Å². The maximum absolute atomic E-state index is 13.8. The molecular formula is C52H55N3O8. The van der Waals surface area contributed by atoms with Gasteiger partial charge < -0.3 is 35.3 Å². The van der Waals surface area contributed by atoms with Crippen LogP contribution in [0.2, 0.25) is 0 Å². The third-order valence-corrected chi connectivity index (χ3v) is 11.0. The summed E-state index contributed by atoms with van der Waals surface area (Å²) < 4.78 is 17.6. The van der Waals surface area contributed by atoms with E-state index in [1.165, 1.54) is 0 Å². The summed E-state index contributed by atoms with van der Waals surface area (Å²) in [4.78, 5) is 54.0. The second-order valence-corrected chi connectivity index (χ2v) is 15.5. The number of carbonyl (C=O) groups is 4. The Bertz CT molecular complexity index is 2250. The molecule has 3 amide bonds. The molecule has 0 fully saturated rings. The molecule has 0 radical (unpaired) electrons. The van der Waals surface area contributed by atoms with Gasteiger partial charge in [0.25, 0.3) is 0 Å². The molecule has 1 aliphatic carbocycles. The number of hydrogen-bond acceptors (Lipinski definition) is 8. The van der Waals surface area contributed by atoms with Crippen molar-refractivity contribution >= 4 is 23.9 Å². The van der Waals surface area contributed by atoms with E-state index in [-0.39, 0.29) is 44.9 Å². The number of aliphatic hydroxyl groups is 1. The third kappa shape index (κ3) is 13.0. The lowest BCUT2D eigenvalue weighted by Crippen LogP contribution is -2.44. The van der Waals surface area contributed by atoms with E-state index in [9.17, 15) is 24.3 Å². The maximum Gasteiger partial charge on any atom is 0.407 e. The lowest BCUT2D eigenvalue weighted by Gasteiger charge is -2.24. The Morgan fingerprint density at radius 3 is 2.00 bits per heavy atom. The van der Waals surface area contributed by atoms with Crippen LogP contribution in [-0.4, -0.2) is 60.8 Å². The molecule has 0 saturated heterocycles. The molecule has 11 nitrogen and oxygen atoms in total. The maximum atomic E-state index is 13.8. The molecule has 11 heteroatoms. The number of rotatable bonds is 23. The molecular weight excluding hydrogens is 795 g/mol. The molecule has 0 spiro atoms. The van der Waals surface area contributed by atoms with Crippen LogP contribution < -0.4 is 20.7 Å². The molecule has 1 aliphatic rings. The highest BCUT2D eigenvalue weighted by Crippen LogP contribution is 2.44.